The summed E-state index contributed by atoms with van der Waals surface area (Å²) in [4.78, 5) is 0. The van der Waals surface area contributed by atoms with Crippen molar-refractivity contribution in [1.29, 1.82) is 0 Å². The van der Waals surface area contributed by atoms with E-state index in [2.05, 4.69) is 65.1 Å². The van der Waals surface area contributed by atoms with Crippen molar-refractivity contribution in [3.8, 4) is 11.1 Å². The zero-order valence-corrected chi connectivity index (χ0v) is 13.3. The number of benzene rings is 1. The highest BCUT2D eigenvalue weighted by Crippen LogP contribution is 2.24. The molecule has 2 rings (SSSR count). The van der Waals surface area contributed by atoms with E-state index < -0.39 is 0 Å². The van der Waals surface area contributed by atoms with Crippen LogP contribution in [0.3, 0.4) is 0 Å². The lowest BCUT2D eigenvalue weighted by atomic mass is 10.1. The molecule has 0 N–H and O–H groups in total. The lowest BCUT2D eigenvalue weighted by molar-refractivity contribution is 0.121. The molecule has 1 aromatic heterocycles. The Hall–Kier alpha value is -0.880. The van der Waals surface area contributed by atoms with Crippen LogP contribution < -0.4 is 0 Å². The maximum absolute atomic E-state index is 5.55. The molecule has 3 nitrogen and oxygen atoms in total. The van der Waals surface area contributed by atoms with Crippen molar-refractivity contribution in [1.82, 2.24) is 9.78 Å². The molecular weight excluding hydrogens is 351 g/mol. The SMILES string of the molecule is CCCCOCCn1cc(-c2ccccc2I)cn1. The zero-order chi connectivity index (χ0) is 13.5. The normalized spacial score (nSPS) is 10.8. The average molecular weight is 370 g/mol. The molecule has 102 valence electrons. The van der Waals surface area contributed by atoms with Gasteiger partial charge in [-0.3, -0.25) is 4.68 Å². The Morgan fingerprint density at radius 3 is 2.89 bits per heavy atom. The van der Waals surface area contributed by atoms with Crippen LogP contribution in [0.2, 0.25) is 0 Å². The fraction of sp³-hybridized carbons (Fsp3) is 0.400. The average Bonchev–Trinajstić information content (AvgIpc) is 2.88. The van der Waals surface area contributed by atoms with Gasteiger partial charge in [0.15, 0.2) is 0 Å². The smallest absolute Gasteiger partial charge is 0.0662 e. The van der Waals surface area contributed by atoms with Gasteiger partial charge in [0, 0.05) is 21.9 Å². The number of ether oxygens (including phenoxy) is 1. The molecule has 0 saturated carbocycles. The van der Waals surface area contributed by atoms with Gasteiger partial charge in [0.2, 0.25) is 0 Å². The van der Waals surface area contributed by atoms with Crippen molar-refractivity contribution in [2.75, 3.05) is 13.2 Å². The predicted molar refractivity (Wildman–Crippen MR) is 86.1 cm³/mol. The van der Waals surface area contributed by atoms with Gasteiger partial charge in [0.25, 0.3) is 0 Å². The van der Waals surface area contributed by atoms with E-state index in [9.17, 15) is 0 Å². The highest BCUT2D eigenvalue weighted by Gasteiger charge is 2.04. The standard InChI is InChI=1S/C15H19IN2O/c1-2-3-9-19-10-8-18-12-13(11-17-18)14-6-4-5-7-15(14)16/h4-7,11-12H,2-3,8-10H2,1H3. The minimum Gasteiger partial charge on any atom is -0.380 e. The van der Waals surface area contributed by atoms with Crippen LogP contribution >= 0.6 is 22.6 Å². The number of hydrogen-bond acceptors (Lipinski definition) is 2. The monoisotopic (exact) mass is 370 g/mol. The molecule has 0 atom stereocenters. The minimum absolute atomic E-state index is 0.729. The van der Waals surface area contributed by atoms with E-state index >= 15 is 0 Å². The van der Waals surface area contributed by atoms with Gasteiger partial charge in [-0.2, -0.15) is 5.10 Å². The van der Waals surface area contributed by atoms with Crippen LogP contribution in [0.1, 0.15) is 19.8 Å². The molecule has 1 heterocycles. The third-order valence-corrected chi connectivity index (χ3v) is 3.87. The predicted octanol–water partition coefficient (Wildman–Crippen LogP) is 3.97. The van der Waals surface area contributed by atoms with E-state index in [1.807, 2.05) is 10.9 Å². The van der Waals surface area contributed by atoms with Crippen LogP contribution in [-0.2, 0) is 11.3 Å². The number of nitrogens with zero attached hydrogens (tertiary/aromatic N) is 2. The first-order valence-electron chi connectivity index (χ1n) is 6.66. The number of hydrogen-bond donors (Lipinski definition) is 0. The lowest BCUT2D eigenvalue weighted by Crippen LogP contribution is -2.06. The summed E-state index contributed by atoms with van der Waals surface area (Å²) >= 11 is 2.36. The van der Waals surface area contributed by atoms with Gasteiger partial charge in [-0.1, -0.05) is 31.5 Å². The van der Waals surface area contributed by atoms with Crippen LogP contribution in [0.25, 0.3) is 11.1 Å². The van der Waals surface area contributed by atoms with E-state index in [0.29, 0.717) is 0 Å². The van der Waals surface area contributed by atoms with Crippen molar-refractivity contribution in [2.45, 2.75) is 26.3 Å². The van der Waals surface area contributed by atoms with Gasteiger partial charge < -0.3 is 4.74 Å². The fourth-order valence-electron chi connectivity index (χ4n) is 1.83. The van der Waals surface area contributed by atoms with Crippen molar-refractivity contribution in [3.05, 3.63) is 40.2 Å². The van der Waals surface area contributed by atoms with Gasteiger partial charge in [-0.05, 0) is 40.6 Å². The molecule has 0 bridgehead atoms. The van der Waals surface area contributed by atoms with Gasteiger partial charge in [0.1, 0.15) is 0 Å². The van der Waals surface area contributed by atoms with Crippen LogP contribution in [0.5, 0.6) is 0 Å². The molecule has 0 radical (unpaired) electrons. The van der Waals surface area contributed by atoms with Gasteiger partial charge >= 0.3 is 0 Å². The molecule has 0 spiro atoms. The third-order valence-electron chi connectivity index (χ3n) is 2.93. The summed E-state index contributed by atoms with van der Waals surface area (Å²) in [5.41, 5.74) is 2.40. The summed E-state index contributed by atoms with van der Waals surface area (Å²) in [6, 6.07) is 8.35. The molecule has 4 heteroatoms. The highest BCUT2D eigenvalue weighted by atomic mass is 127. The molecule has 0 unspecified atom stereocenters. The van der Waals surface area contributed by atoms with E-state index in [0.717, 1.165) is 26.2 Å². The Labute approximate surface area is 128 Å². The summed E-state index contributed by atoms with van der Waals surface area (Å²) < 4.78 is 8.75. The number of aromatic nitrogens is 2. The number of rotatable bonds is 7. The van der Waals surface area contributed by atoms with E-state index in [1.54, 1.807) is 0 Å². The molecule has 19 heavy (non-hydrogen) atoms. The van der Waals surface area contributed by atoms with E-state index in [1.165, 1.54) is 21.1 Å². The van der Waals surface area contributed by atoms with Crippen molar-refractivity contribution in [3.63, 3.8) is 0 Å². The molecule has 0 aliphatic heterocycles. The summed E-state index contributed by atoms with van der Waals surface area (Å²) in [5.74, 6) is 0. The second-order valence-corrected chi connectivity index (χ2v) is 5.60. The van der Waals surface area contributed by atoms with Gasteiger partial charge in [0.05, 0.1) is 19.3 Å². The maximum Gasteiger partial charge on any atom is 0.0662 e. The molecule has 0 aliphatic carbocycles. The lowest BCUT2D eigenvalue weighted by Gasteiger charge is -2.03. The summed E-state index contributed by atoms with van der Waals surface area (Å²) in [6.07, 6.45) is 6.31. The van der Waals surface area contributed by atoms with Crippen molar-refractivity contribution in [2.24, 2.45) is 0 Å². The Balaban J connectivity index is 1.91. The minimum atomic E-state index is 0.729. The quantitative estimate of drug-likeness (QED) is 0.545. The van der Waals surface area contributed by atoms with Crippen LogP contribution in [0, 0.1) is 3.57 Å². The Kier molecular flexibility index (Phi) is 5.85. The Morgan fingerprint density at radius 1 is 1.26 bits per heavy atom. The van der Waals surface area contributed by atoms with Crippen LogP contribution in [-0.4, -0.2) is 23.0 Å². The second kappa shape index (κ2) is 7.65. The Morgan fingerprint density at radius 2 is 2.11 bits per heavy atom. The molecule has 0 aliphatic rings. The first kappa shape index (κ1) is 14.5. The number of halogens is 1. The molecule has 0 fully saturated rings. The first-order chi connectivity index (χ1) is 9.31. The highest BCUT2D eigenvalue weighted by molar-refractivity contribution is 14.1. The van der Waals surface area contributed by atoms with Crippen molar-refractivity contribution >= 4 is 22.6 Å². The van der Waals surface area contributed by atoms with Crippen LogP contribution in [0.4, 0.5) is 0 Å². The molecule has 0 amide bonds. The largest absolute Gasteiger partial charge is 0.380 e. The fourth-order valence-corrected chi connectivity index (χ4v) is 2.53. The molecule has 1 aromatic carbocycles. The Bertz CT molecular complexity index is 510. The van der Waals surface area contributed by atoms with E-state index in [4.69, 9.17) is 4.74 Å². The summed E-state index contributed by atoms with van der Waals surface area (Å²) in [7, 11) is 0. The molecule has 2 aromatic rings. The second-order valence-electron chi connectivity index (χ2n) is 4.44. The van der Waals surface area contributed by atoms with Gasteiger partial charge in [-0.15, -0.1) is 0 Å². The first-order valence-corrected chi connectivity index (χ1v) is 7.74. The van der Waals surface area contributed by atoms with Crippen LogP contribution in [0.15, 0.2) is 36.7 Å². The summed E-state index contributed by atoms with van der Waals surface area (Å²) in [6.45, 7) is 4.56. The topological polar surface area (TPSA) is 27.1 Å². The van der Waals surface area contributed by atoms with Crippen molar-refractivity contribution < 1.29 is 4.74 Å². The zero-order valence-electron chi connectivity index (χ0n) is 11.2. The van der Waals surface area contributed by atoms with Gasteiger partial charge in [-0.25, -0.2) is 0 Å². The molecule has 0 saturated heterocycles. The maximum atomic E-state index is 5.55. The summed E-state index contributed by atoms with van der Waals surface area (Å²) in [5, 5.41) is 4.38. The van der Waals surface area contributed by atoms with E-state index in [-0.39, 0.29) is 0 Å². The third kappa shape index (κ3) is 4.31. The number of unbranched alkanes of at least 4 members (excludes halogenated alkanes) is 1. The molecular formula is C15H19IN2O.